The van der Waals surface area contributed by atoms with Crippen molar-refractivity contribution in [3.8, 4) is 0 Å². The zero-order valence-electron chi connectivity index (χ0n) is 12.8. The van der Waals surface area contributed by atoms with Crippen molar-refractivity contribution in [1.82, 2.24) is 0 Å². The van der Waals surface area contributed by atoms with E-state index in [1.54, 1.807) is 19.2 Å². The maximum Gasteiger partial charge on any atom is 0.330 e. The lowest BCUT2D eigenvalue weighted by Gasteiger charge is -2.12. The number of nitrogens with zero attached hydrogens (tertiary/aromatic N) is 1. The molecular weight excluding hydrogens is 286 g/mol. The molecule has 0 N–H and O–H groups in total. The lowest BCUT2D eigenvalue weighted by Crippen LogP contribution is -2.19. The summed E-state index contributed by atoms with van der Waals surface area (Å²) in [4.78, 5) is 11.3. The molecule has 0 radical (unpaired) electrons. The summed E-state index contributed by atoms with van der Waals surface area (Å²) < 4.78 is 20.5. The third kappa shape index (κ3) is 6.04. The summed E-state index contributed by atoms with van der Waals surface area (Å²) in [6, 6.07) is 7.44. The first-order valence-corrected chi connectivity index (χ1v) is 7.85. The Morgan fingerprint density at radius 3 is 2.48 bits per heavy atom. The Labute approximate surface area is 128 Å². The van der Waals surface area contributed by atoms with Crippen LogP contribution in [0.2, 0.25) is 0 Å². The van der Waals surface area contributed by atoms with Crippen molar-refractivity contribution in [2.45, 2.75) is 32.4 Å². The van der Waals surface area contributed by atoms with Gasteiger partial charge in [-0.2, -0.15) is 4.40 Å². The van der Waals surface area contributed by atoms with E-state index in [4.69, 9.17) is 4.74 Å². The molecule has 0 fully saturated rings. The van der Waals surface area contributed by atoms with Crippen LogP contribution < -0.4 is 0 Å². The van der Waals surface area contributed by atoms with Gasteiger partial charge in [0.25, 0.3) is 0 Å². The minimum absolute atomic E-state index is 0.344. The van der Waals surface area contributed by atoms with Gasteiger partial charge in [-0.15, -0.1) is 0 Å². The van der Waals surface area contributed by atoms with Gasteiger partial charge in [-0.3, -0.25) is 0 Å². The normalized spacial score (nSPS) is 13.7. The summed E-state index contributed by atoms with van der Waals surface area (Å²) in [7, 11) is -1.31. The van der Waals surface area contributed by atoms with E-state index in [9.17, 15) is 9.00 Å². The molecule has 0 heterocycles. The summed E-state index contributed by atoms with van der Waals surface area (Å²) >= 11 is 0. The third-order valence-electron chi connectivity index (χ3n) is 2.49. The van der Waals surface area contributed by atoms with Gasteiger partial charge in [0.2, 0.25) is 0 Å². The van der Waals surface area contributed by atoms with Crippen LogP contribution in [0.15, 0.2) is 34.7 Å². The fraction of sp³-hybridized carbons (Fsp3) is 0.375. The molecular formula is C16H21NO3S. The second-order valence-corrected chi connectivity index (χ2v) is 7.24. The van der Waals surface area contributed by atoms with Crippen LogP contribution in [0.4, 0.5) is 0 Å². The molecule has 1 aromatic rings. The highest BCUT2D eigenvalue weighted by molar-refractivity contribution is 7.85. The van der Waals surface area contributed by atoms with Crippen LogP contribution in [-0.4, -0.2) is 27.7 Å². The van der Waals surface area contributed by atoms with Crippen LogP contribution in [0.3, 0.4) is 0 Å². The van der Waals surface area contributed by atoms with E-state index in [-0.39, 0.29) is 5.97 Å². The maximum atomic E-state index is 11.9. The number of ether oxygens (including phenoxy) is 1. The minimum Gasteiger partial charge on any atom is -0.463 e. The quantitative estimate of drug-likeness (QED) is 0.477. The second kappa shape index (κ2) is 7.88. The average Bonchev–Trinajstić information content (AvgIpc) is 2.42. The van der Waals surface area contributed by atoms with Gasteiger partial charge in [-0.25, -0.2) is 9.00 Å². The van der Waals surface area contributed by atoms with Gasteiger partial charge in [-0.05, 0) is 39.3 Å². The fourth-order valence-corrected chi connectivity index (χ4v) is 1.92. The molecule has 0 saturated heterocycles. The molecule has 0 aliphatic carbocycles. The van der Waals surface area contributed by atoms with Crippen molar-refractivity contribution in [2.75, 3.05) is 6.61 Å². The molecule has 0 unspecified atom stereocenters. The Hall–Kier alpha value is -1.75. The van der Waals surface area contributed by atoms with Crippen molar-refractivity contribution in [2.24, 2.45) is 4.40 Å². The topological polar surface area (TPSA) is 55.7 Å². The number of esters is 1. The summed E-state index contributed by atoms with van der Waals surface area (Å²) in [6.07, 6.45) is 4.61. The van der Waals surface area contributed by atoms with E-state index in [1.165, 1.54) is 6.08 Å². The Balaban J connectivity index is 2.92. The van der Waals surface area contributed by atoms with Crippen molar-refractivity contribution in [1.29, 1.82) is 0 Å². The average molecular weight is 307 g/mol. The molecule has 1 rings (SSSR count). The van der Waals surface area contributed by atoms with Crippen LogP contribution in [0.1, 0.15) is 38.8 Å². The zero-order valence-corrected chi connectivity index (χ0v) is 13.6. The Morgan fingerprint density at radius 1 is 1.29 bits per heavy atom. The van der Waals surface area contributed by atoms with Crippen LogP contribution in [0, 0.1) is 0 Å². The molecule has 5 heteroatoms. The van der Waals surface area contributed by atoms with Crippen LogP contribution >= 0.6 is 0 Å². The van der Waals surface area contributed by atoms with Gasteiger partial charge in [0.15, 0.2) is 0 Å². The van der Waals surface area contributed by atoms with Gasteiger partial charge >= 0.3 is 5.97 Å². The number of rotatable bonds is 5. The predicted molar refractivity (Wildman–Crippen MR) is 87.6 cm³/mol. The van der Waals surface area contributed by atoms with Gasteiger partial charge < -0.3 is 4.74 Å². The Bertz CT molecular complexity index is 571. The molecule has 114 valence electrons. The first kappa shape index (κ1) is 17.3. The van der Waals surface area contributed by atoms with E-state index < -0.39 is 15.7 Å². The molecule has 0 aliphatic heterocycles. The highest BCUT2D eigenvalue weighted by atomic mass is 32.2. The highest BCUT2D eigenvalue weighted by Crippen LogP contribution is 2.14. The summed E-state index contributed by atoms with van der Waals surface area (Å²) in [5, 5.41) is 0. The number of carbonyl (C=O) groups is 1. The number of hydrogen-bond donors (Lipinski definition) is 0. The molecule has 0 bridgehead atoms. The van der Waals surface area contributed by atoms with E-state index in [0.717, 1.165) is 11.1 Å². The molecule has 0 aromatic heterocycles. The SMILES string of the molecule is CCOC(=O)/C=C/c1ccccc1/C=N/[S@](=O)C(C)(C)C. The maximum absolute atomic E-state index is 11.9. The van der Waals surface area contributed by atoms with Gasteiger partial charge in [0.05, 0.1) is 11.4 Å². The molecule has 21 heavy (non-hydrogen) atoms. The Morgan fingerprint density at radius 2 is 1.90 bits per heavy atom. The molecule has 4 nitrogen and oxygen atoms in total. The van der Waals surface area contributed by atoms with Crippen LogP contribution in [0.25, 0.3) is 6.08 Å². The summed E-state index contributed by atoms with van der Waals surface area (Å²) in [5.74, 6) is -0.387. The van der Waals surface area contributed by atoms with Crippen molar-refractivity contribution < 1.29 is 13.7 Å². The van der Waals surface area contributed by atoms with E-state index in [2.05, 4.69) is 4.40 Å². The Kier molecular flexibility index (Phi) is 6.49. The van der Waals surface area contributed by atoms with Gasteiger partial charge in [-0.1, -0.05) is 24.3 Å². The van der Waals surface area contributed by atoms with Crippen molar-refractivity contribution in [3.05, 3.63) is 41.5 Å². The standard InChI is InChI=1S/C16H21NO3S/c1-5-20-15(18)11-10-13-8-6-7-9-14(13)12-17-21(19)16(2,3)4/h6-12H,5H2,1-4H3/b11-10+,17-12+/t21-/m1/s1. The molecule has 1 aromatic carbocycles. The zero-order chi connectivity index (χ0) is 15.9. The second-order valence-electron chi connectivity index (χ2n) is 5.31. The lowest BCUT2D eigenvalue weighted by atomic mass is 10.1. The van der Waals surface area contributed by atoms with Crippen molar-refractivity contribution >= 4 is 29.2 Å². The molecule has 1 atom stereocenters. The van der Waals surface area contributed by atoms with Crippen LogP contribution in [0.5, 0.6) is 0 Å². The lowest BCUT2D eigenvalue weighted by molar-refractivity contribution is -0.137. The first-order chi connectivity index (χ1) is 9.84. The predicted octanol–water partition coefficient (Wildman–Crippen LogP) is 3.14. The molecule has 0 aliphatic rings. The van der Waals surface area contributed by atoms with E-state index in [1.807, 2.05) is 45.0 Å². The number of hydrogen-bond acceptors (Lipinski definition) is 3. The van der Waals surface area contributed by atoms with E-state index >= 15 is 0 Å². The molecule has 0 saturated carbocycles. The monoisotopic (exact) mass is 307 g/mol. The first-order valence-electron chi connectivity index (χ1n) is 6.74. The number of benzene rings is 1. The van der Waals surface area contributed by atoms with Crippen LogP contribution in [-0.2, 0) is 20.5 Å². The minimum atomic E-state index is -1.31. The van der Waals surface area contributed by atoms with Gasteiger partial charge in [0.1, 0.15) is 11.0 Å². The molecule has 0 amide bonds. The third-order valence-corrected chi connectivity index (χ3v) is 3.84. The fourth-order valence-electron chi connectivity index (χ4n) is 1.39. The molecule has 0 spiro atoms. The summed E-state index contributed by atoms with van der Waals surface area (Å²) in [5.41, 5.74) is 1.62. The smallest absolute Gasteiger partial charge is 0.330 e. The van der Waals surface area contributed by atoms with E-state index in [0.29, 0.717) is 6.61 Å². The van der Waals surface area contributed by atoms with Gasteiger partial charge in [0, 0.05) is 17.9 Å². The number of carbonyl (C=O) groups excluding carboxylic acids is 1. The largest absolute Gasteiger partial charge is 0.463 e. The van der Waals surface area contributed by atoms with Crippen molar-refractivity contribution in [3.63, 3.8) is 0 Å². The highest BCUT2D eigenvalue weighted by Gasteiger charge is 2.18. The summed E-state index contributed by atoms with van der Waals surface area (Å²) in [6.45, 7) is 7.71.